The Bertz CT molecular complexity index is 471. The number of nitrogens with zero attached hydrogens (tertiary/aromatic N) is 1. The molecular weight excluding hydrogens is 357 g/mol. The number of halogens is 2. The fraction of sp³-hybridized carbons (Fsp3) is 0.182. The first-order valence-electron chi connectivity index (χ1n) is 4.69. The topological polar surface area (TPSA) is 33.1 Å². The third-order valence-electron chi connectivity index (χ3n) is 2.12. The lowest BCUT2D eigenvalue weighted by atomic mass is 10.1. The zero-order chi connectivity index (χ0) is 11.5. The number of rotatable bonds is 3. The number of hydrogen-bond acceptors (Lipinski definition) is 3. The van der Waals surface area contributed by atoms with Crippen LogP contribution in [0.3, 0.4) is 0 Å². The Kier molecular flexibility index (Phi) is 4.18. The lowest BCUT2D eigenvalue weighted by molar-refractivity contribution is 0.178. The molecule has 0 aliphatic carbocycles. The van der Waals surface area contributed by atoms with Gasteiger partial charge in [-0.2, -0.15) is 0 Å². The highest BCUT2D eigenvalue weighted by Crippen LogP contribution is 2.26. The van der Waals surface area contributed by atoms with Crippen molar-refractivity contribution in [3.63, 3.8) is 0 Å². The van der Waals surface area contributed by atoms with Gasteiger partial charge in [0.2, 0.25) is 0 Å². The monoisotopic (exact) mass is 365 g/mol. The van der Waals surface area contributed by atoms with Gasteiger partial charge < -0.3 is 5.11 Å². The summed E-state index contributed by atoms with van der Waals surface area (Å²) in [7, 11) is 0. The number of aliphatic hydroxyl groups is 1. The Morgan fingerprint density at radius 3 is 2.62 bits per heavy atom. The fourth-order valence-corrected chi connectivity index (χ4v) is 2.63. The molecule has 0 bridgehead atoms. The molecule has 2 nitrogen and oxygen atoms in total. The third-order valence-corrected chi connectivity index (χ3v) is 4.06. The normalized spacial score (nSPS) is 12.7. The summed E-state index contributed by atoms with van der Waals surface area (Å²) < 4.78 is 1.80. The number of hydrogen-bond donors (Lipinski definition) is 1. The van der Waals surface area contributed by atoms with E-state index in [-0.39, 0.29) is 0 Å². The van der Waals surface area contributed by atoms with Gasteiger partial charge in [0.05, 0.1) is 6.20 Å². The summed E-state index contributed by atoms with van der Waals surface area (Å²) in [6.07, 6.45) is 1.57. The van der Waals surface area contributed by atoms with E-state index in [2.05, 4.69) is 27.6 Å². The Morgan fingerprint density at radius 2 is 2.06 bits per heavy atom. The van der Waals surface area contributed by atoms with Crippen LogP contribution >= 0.6 is 45.5 Å². The van der Waals surface area contributed by atoms with Crippen LogP contribution in [-0.4, -0.2) is 10.1 Å². The maximum atomic E-state index is 9.94. The lowest BCUT2D eigenvalue weighted by Crippen LogP contribution is -2.00. The van der Waals surface area contributed by atoms with Crippen LogP contribution < -0.4 is 0 Å². The molecule has 1 N–H and O–H groups in total. The summed E-state index contributed by atoms with van der Waals surface area (Å²) in [4.78, 5) is 4.06. The third kappa shape index (κ3) is 3.16. The van der Waals surface area contributed by atoms with E-state index in [0.29, 0.717) is 15.8 Å². The molecule has 16 heavy (non-hydrogen) atoms. The SMILES string of the molecule is OC(Cc1ccc(I)cc1)c1ncc(Cl)s1. The van der Waals surface area contributed by atoms with Crippen LogP contribution in [0.5, 0.6) is 0 Å². The van der Waals surface area contributed by atoms with Crippen molar-refractivity contribution < 1.29 is 5.11 Å². The van der Waals surface area contributed by atoms with E-state index in [9.17, 15) is 5.11 Å². The van der Waals surface area contributed by atoms with Gasteiger partial charge in [-0.1, -0.05) is 23.7 Å². The quantitative estimate of drug-likeness (QED) is 0.842. The fourth-order valence-electron chi connectivity index (χ4n) is 1.35. The van der Waals surface area contributed by atoms with Crippen LogP contribution in [0.15, 0.2) is 30.5 Å². The molecule has 1 atom stereocenters. The molecule has 84 valence electrons. The highest BCUT2D eigenvalue weighted by molar-refractivity contribution is 14.1. The van der Waals surface area contributed by atoms with Crippen molar-refractivity contribution in [1.29, 1.82) is 0 Å². The minimum atomic E-state index is -0.572. The molecule has 0 fully saturated rings. The first-order chi connectivity index (χ1) is 7.65. The minimum absolute atomic E-state index is 0.570. The number of benzene rings is 1. The van der Waals surface area contributed by atoms with Gasteiger partial charge in [-0.15, -0.1) is 11.3 Å². The van der Waals surface area contributed by atoms with Gasteiger partial charge in [0.25, 0.3) is 0 Å². The molecule has 1 aromatic heterocycles. The molecule has 1 aromatic carbocycles. The molecule has 1 heterocycles. The molecular formula is C11H9ClINOS. The molecule has 0 radical (unpaired) electrons. The van der Waals surface area contributed by atoms with E-state index in [0.717, 1.165) is 5.56 Å². The zero-order valence-corrected chi connectivity index (χ0v) is 12.0. The van der Waals surface area contributed by atoms with Gasteiger partial charge in [0.1, 0.15) is 15.4 Å². The van der Waals surface area contributed by atoms with Crippen LogP contribution in [0.1, 0.15) is 16.7 Å². The number of aliphatic hydroxyl groups excluding tert-OH is 1. The second-order valence-electron chi connectivity index (χ2n) is 3.35. The Morgan fingerprint density at radius 1 is 1.38 bits per heavy atom. The van der Waals surface area contributed by atoms with E-state index in [4.69, 9.17) is 11.6 Å². The summed E-state index contributed by atoms with van der Waals surface area (Å²) in [6.45, 7) is 0. The maximum absolute atomic E-state index is 9.94. The van der Waals surface area contributed by atoms with Crippen LogP contribution in [0.25, 0.3) is 0 Å². The van der Waals surface area contributed by atoms with Crippen molar-refractivity contribution in [3.05, 3.63) is 48.9 Å². The minimum Gasteiger partial charge on any atom is -0.386 e. The van der Waals surface area contributed by atoms with Crippen molar-refractivity contribution in [2.75, 3.05) is 0 Å². The van der Waals surface area contributed by atoms with Gasteiger partial charge >= 0.3 is 0 Å². The molecule has 2 aromatic rings. The van der Waals surface area contributed by atoms with Gasteiger partial charge in [-0.05, 0) is 40.3 Å². The van der Waals surface area contributed by atoms with E-state index < -0.39 is 6.10 Å². The second-order valence-corrected chi connectivity index (χ2v) is 6.29. The van der Waals surface area contributed by atoms with E-state index in [1.807, 2.05) is 24.3 Å². The van der Waals surface area contributed by atoms with Gasteiger partial charge in [0, 0.05) is 9.99 Å². The molecule has 0 saturated heterocycles. The van der Waals surface area contributed by atoms with E-state index >= 15 is 0 Å². The number of thiazole rings is 1. The Hall–Kier alpha value is -0.170. The zero-order valence-electron chi connectivity index (χ0n) is 8.23. The van der Waals surface area contributed by atoms with Crippen LogP contribution in [0, 0.1) is 3.57 Å². The second kappa shape index (κ2) is 5.44. The highest BCUT2D eigenvalue weighted by Gasteiger charge is 2.12. The van der Waals surface area contributed by atoms with Crippen molar-refractivity contribution >= 4 is 45.5 Å². The van der Waals surface area contributed by atoms with Crippen molar-refractivity contribution in [1.82, 2.24) is 4.98 Å². The van der Waals surface area contributed by atoms with Crippen LogP contribution in [0.4, 0.5) is 0 Å². The maximum Gasteiger partial charge on any atom is 0.123 e. The molecule has 5 heteroatoms. The summed E-state index contributed by atoms with van der Waals surface area (Å²) in [5, 5.41) is 10.6. The van der Waals surface area contributed by atoms with Crippen molar-refractivity contribution in [2.45, 2.75) is 12.5 Å². The lowest BCUT2D eigenvalue weighted by Gasteiger charge is -2.07. The van der Waals surface area contributed by atoms with Gasteiger partial charge in [-0.3, -0.25) is 0 Å². The average Bonchev–Trinajstić information content (AvgIpc) is 2.68. The summed E-state index contributed by atoms with van der Waals surface area (Å²) in [6, 6.07) is 8.08. The first-order valence-corrected chi connectivity index (χ1v) is 6.96. The standard InChI is InChI=1S/C11H9ClINOS/c12-10-6-14-11(16-10)9(15)5-7-1-3-8(13)4-2-7/h1-4,6,9,15H,5H2. The average molecular weight is 366 g/mol. The number of aromatic nitrogens is 1. The summed E-state index contributed by atoms with van der Waals surface area (Å²) in [5.41, 5.74) is 1.10. The predicted octanol–water partition coefficient (Wildman–Crippen LogP) is 3.68. The van der Waals surface area contributed by atoms with Crippen LogP contribution in [-0.2, 0) is 6.42 Å². The smallest absolute Gasteiger partial charge is 0.123 e. The molecule has 2 rings (SSSR count). The summed E-state index contributed by atoms with van der Waals surface area (Å²) in [5.74, 6) is 0. The van der Waals surface area contributed by atoms with Crippen molar-refractivity contribution in [3.8, 4) is 0 Å². The summed E-state index contributed by atoms with van der Waals surface area (Å²) >= 11 is 9.35. The van der Waals surface area contributed by atoms with E-state index in [1.54, 1.807) is 6.20 Å². The Balaban J connectivity index is 2.07. The van der Waals surface area contributed by atoms with E-state index in [1.165, 1.54) is 14.9 Å². The molecule has 0 aliphatic rings. The first kappa shape index (κ1) is 12.3. The molecule has 0 amide bonds. The van der Waals surface area contributed by atoms with Gasteiger partial charge in [-0.25, -0.2) is 4.98 Å². The molecule has 0 spiro atoms. The largest absolute Gasteiger partial charge is 0.386 e. The highest BCUT2D eigenvalue weighted by atomic mass is 127. The molecule has 1 unspecified atom stereocenters. The molecule has 0 saturated carbocycles. The Labute approximate surface area is 116 Å². The van der Waals surface area contributed by atoms with Crippen molar-refractivity contribution in [2.24, 2.45) is 0 Å². The van der Waals surface area contributed by atoms with Crippen LogP contribution in [0.2, 0.25) is 4.34 Å². The predicted molar refractivity (Wildman–Crippen MR) is 74.9 cm³/mol. The molecule has 0 aliphatic heterocycles. The van der Waals surface area contributed by atoms with Gasteiger partial charge in [0.15, 0.2) is 0 Å².